The van der Waals surface area contributed by atoms with Crippen LogP contribution in [0.5, 0.6) is 0 Å². The number of allylic oxidation sites excluding steroid dienone is 3. The maximum atomic E-state index is 13.4. The minimum absolute atomic E-state index is 0. The molecule has 120 valence electrons. The van der Waals surface area contributed by atoms with E-state index in [1.165, 1.54) is 12.1 Å². The third-order valence-corrected chi connectivity index (χ3v) is 3.24. The summed E-state index contributed by atoms with van der Waals surface area (Å²) < 4.78 is 37.3. The van der Waals surface area contributed by atoms with Crippen LogP contribution in [0.15, 0.2) is 42.0 Å². The van der Waals surface area contributed by atoms with E-state index in [0.717, 1.165) is 17.7 Å². The van der Waals surface area contributed by atoms with Gasteiger partial charge >= 0.3 is 0 Å². The van der Waals surface area contributed by atoms with E-state index in [1.807, 2.05) is 13.8 Å². The molecule has 0 aliphatic carbocycles. The molecule has 0 heterocycles. The summed E-state index contributed by atoms with van der Waals surface area (Å²) in [4.78, 5) is 21.1. The van der Waals surface area contributed by atoms with Gasteiger partial charge in [0.15, 0.2) is 0 Å². The molecule has 0 spiro atoms. The lowest BCUT2D eigenvalue weighted by Gasteiger charge is -2.37. The number of quaternary nitrogens is 2. The molecule has 0 unspecified atom stereocenters. The van der Waals surface area contributed by atoms with Crippen LogP contribution in [0.4, 0.5) is 8.78 Å². The first kappa shape index (κ1) is 21.9. The van der Waals surface area contributed by atoms with Gasteiger partial charge in [0, 0.05) is 13.2 Å². The minimum atomic E-state index is -6.02. The van der Waals surface area contributed by atoms with E-state index in [0.29, 0.717) is 5.56 Å². The quantitative estimate of drug-likeness (QED) is 0.649. The predicted molar refractivity (Wildman–Crippen MR) is 78.4 cm³/mol. The Bertz CT molecular complexity index is 564. The summed E-state index contributed by atoms with van der Waals surface area (Å²) in [5.74, 6) is 0. The van der Waals surface area contributed by atoms with Crippen molar-refractivity contribution in [3.8, 4) is 0 Å². The Hall–Kier alpha value is -1.37. The fourth-order valence-electron chi connectivity index (χ4n) is 1.34. The van der Waals surface area contributed by atoms with Gasteiger partial charge in [0.1, 0.15) is 0 Å². The third kappa shape index (κ3) is 5.87. The zero-order valence-electron chi connectivity index (χ0n) is 12.5. The summed E-state index contributed by atoms with van der Waals surface area (Å²) in [6.07, 6.45) is 4.98. The van der Waals surface area contributed by atoms with E-state index in [1.54, 1.807) is 18.2 Å². The van der Waals surface area contributed by atoms with Crippen molar-refractivity contribution in [2.24, 2.45) is 0 Å². The molecule has 0 aliphatic heterocycles. The summed E-state index contributed by atoms with van der Waals surface area (Å²) in [5.41, 5.74) is -3.79. The monoisotopic (exact) mass is 322 g/mol. The molecule has 0 bridgehead atoms. The molecule has 5 nitrogen and oxygen atoms in total. The highest BCUT2D eigenvalue weighted by Gasteiger charge is 2.35. The maximum Gasteiger partial charge on any atom is 0.296 e. The van der Waals surface area contributed by atoms with E-state index in [2.05, 4.69) is 0 Å². The number of hydrogen-bond donors (Lipinski definition) is 2. The molecule has 8 heteroatoms. The van der Waals surface area contributed by atoms with Crippen molar-refractivity contribution in [2.45, 2.75) is 19.5 Å². The first-order valence-corrected chi connectivity index (χ1v) is 7.01. The van der Waals surface area contributed by atoms with Gasteiger partial charge in [0.05, 0.1) is 0 Å². The molecular weight excluding hydrogens is 301 g/mol. The van der Waals surface area contributed by atoms with Gasteiger partial charge in [-0.1, -0.05) is 42.0 Å². The van der Waals surface area contributed by atoms with Crippen molar-refractivity contribution in [2.75, 3.05) is 0 Å². The highest BCUT2D eigenvalue weighted by Crippen LogP contribution is 2.53. The van der Waals surface area contributed by atoms with E-state index in [4.69, 9.17) is 0 Å². The van der Waals surface area contributed by atoms with Gasteiger partial charge < -0.3 is 26.7 Å². The standard InChI is InChI=1S/C13H15F2O3P.2H3N/c1-10(2)5-3-6-11-7-4-8-12(9-11)13(14,15)19(16,17)18;;/h3-9H,1-2H3,(H2,16,17,18);2*1H3/b6-3-;;. The fraction of sp³-hybridized carbons (Fsp3) is 0.231. The average Bonchev–Trinajstić information content (AvgIpc) is 2.27. The van der Waals surface area contributed by atoms with Crippen LogP contribution in [0.1, 0.15) is 25.0 Å². The Labute approximate surface area is 122 Å². The largest absolute Gasteiger partial charge is 0.806 e. The molecule has 1 rings (SSSR count). The Balaban J connectivity index is 0. The highest BCUT2D eigenvalue weighted by atomic mass is 31.2. The SMILES string of the molecule is CC(C)=C/C=C\c1cccc(C(F)(F)P(=O)([O-])[O-])c1.[NH4+].[NH4+]. The molecule has 0 fully saturated rings. The van der Waals surface area contributed by atoms with Gasteiger partial charge in [0.25, 0.3) is 5.66 Å². The smallest absolute Gasteiger partial charge is 0.296 e. The van der Waals surface area contributed by atoms with Crippen molar-refractivity contribution in [1.29, 1.82) is 0 Å². The molecule has 0 saturated heterocycles. The first-order chi connectivity index (χ1) is 8.64. The van der Waals surface area contributed by atoms with Crippen LogP contribution >= 0.6 is 7.60 Å². The van der Waals surface area contributed by atoms with E-state index in [-0.39, 0.29) is 12.3 Å². The summed E-state index contributed by atoms with van der Waals surface area (Å²) >= 11 is 0. The van der Waals surface area contributed by atoms with E-state index >= 15 is 0 Å². The van der Waals surface area contributed by atoms with Crippen LogP contribution in [-0.4, -0.2) is 0 Å². The molecule has 0 saturated carbocycles. The molecule has 0 aliphatic rings. The second kappa shape index (κ2) is 8.17. The summed E-state index contributed by atoms with van der Waals surface area (Å²) in [5, 5.41) is 0. The summed E-state index contributed by atoms with van der Waals surface area (Å²) in [7, 11) is -6.02. The summed E-state index contributed by atoms with van der Waals surface area (Å²) in [6, 6.07) is 4.72. The Morgan fingerprint density at radius 1 is 1.24 bits per heavy atom. The second-order valence-corrected chi connectivity index (χ2v) is 5.82. The van der Waals surface area contributed by atoms with Crippen molar-refractivity contribution in [3.05, 3.63) is 53.1 Å². The van der Waals surface area contributed by atoms with Crippen LogP contribution < -0.4 is 22.1 Å². The Kier molecular flexibility index (Phi) is 8.52. The third-order valence-electron chi connectivity index (χ3n) is 2.30. The van der Waals surface area contributed by atoms with Crippen LogP contribution in [0, 0.1) is 0 Å². The van der Waals surface area contributed by atoms with Crippen molar-refractivity contribution >= 4 is 13.7 Å². The summed E-state index contributed by atoms with van der Waals surface area (Å²) in [6.45, 7) is 3.75. The first-order valence-electron chi connectivity index (χ1n) is 5.46. The van der Waals surface area contributed by atoms with Crippen molar-refractivity contribution in [1.82, 2.24) is 12.3 Å². The number of alkyl halides is 2. The van der Waals surface area contributed by atoms with Gasteiger partial charge in [-0.3, -0.25) is 0 Å². The van der Waals surface area contributed by atoms with Gasteiger partial charge in [-0.2, -0.15) is 8.78 Å². The number of benzene rings is 1. The average molecular weight is 322 g/mol. The Morgan fingerprint density at radius 2 is 1.81 bits per heavy atom. The van der Waals surface area contributed by atoms with Crippen molar-refractivity contribution in [3.63, 3.8) is 0 Å². The molecule has 0 aromatic heterocycles. The van der Waals surface area contributed by atoms with Crippen LogP contribution in [0.2, 0.25) is 0 Å². The number of halogens is 2. The molecular formula is C13H21F2N2O3P. The zero-order chi connectivity index (χ0) is 14.7. The molecule has 0 radical (unpaired) electrons. The molecule has 1 aromatic carbocycles. The maximum absolute atomic E-state index is 13.4. The van der Waals surface area contributed by atoms with E-state index < -0.39 is 18.8 Å². The molecule has 21 heavy (non-hydrogen) atoms. The van der Waals surface area contributed by atoms with Crippen molar-refractivity contribution < 1.29 is 23.1 Å². The minimum Gasteiger partial charge on any atom is -0.806 e. The second-order valence-electron chi connectivity index (χ2n) is 4.27. The van der Waals surface area contributed by atoms with Gasteiger partial charge in [0.2, 0.25) is 0 Å². The van der Waals surface area contributed by atoms with Gasteiger partial charge in [-0.15, -0.1) is 0 Å². The topological polar surface area (TPSA) is 136 Å². The van der Waals surface area contributed by atoms with Gasteiger partial charge in [-0.25, -0.2) is 0 Å². The number of hydrogen-bond acceptors (Lipinski definition) is 3. The van der Waals surface area contributed by atoms with Gasteiger partial charge in [-0.05, 0) is 25.5 Å². The molecule has 0 amide bonds. The van der Waals surface area contributed by atoms with Crippen LogP contribution in [0.25, 0.3) is 6.08 Å². The lowest BCUT2D eigenvalue weighted by atomic mass is 10.1. The molecule has 0 atom stereocenters. The zero-order valence-corrected chi connectivity index (χ0v) is 13.4. The van der Waals surface area contributed by atoms with Crippen LogP contribution in [0.3, 0.4) is 0 Å². The molecule has 1 aromatic rings. The highest BCUT2D eigenvalue weighted by molar-refractivity contribution is 7.49. The predicted octanol–water partition coefficient (Wildman–Crippen LogP) is 3.38. The Morgan fingerprint density at radius 3 is 2.29 bits per heavy atom. The normalized spacial score (nSPS) is 11.5. The lowest BCUT2D eigenvalue weighted by molar-refractivity contribution is -0.335. The number of rotatable bonds is 4. The van der Waals surface area contributed by atoms with E-state index in [9.17, 15) is 23.1 Å². The van der Waals surface area contributed by atoms with Crippen LogP contribution in [-0.2, 0) is 10.2 Å². The fourth-order valence-corrected chi connectivity index (χ4v) is 1.79. The lowest BCUT2D eigenvalue weighted by Crippen LogP contribution is -2.29. The molecule has 8 N–H and O–H groups in total.